The summed E-state index contributed by atoms with van der Waals surface area (Å²) in [5, 5.41) is 0. The molecule has 0 atom stereocenters. The largest absolute Gasteiger partial charge is 0.475 e. The predicted octanol–water partition coefficient (Wildman–Crippen LogP) is 5.98. The second-order valence-corrected chi connectivity index (χ2v) is 7.50. The predicted molar refractivity (Wildman–Crippen MR) is 108 cm³/mol. The van der Waals surface area contributed by atoms with Crippen molar-refractivity contribution in [2.45, 2.75) is 79.4 Å². The standard InChI is InChI=1S/2C11H17NO/c2*1-8(2)10-5-6-12-11(7-10)13-9(3)4/h2*5-9H,1-4H3. The SMILES string of the molecule is CC(C)Oc1cc(C(C)C)ccn1.CC(C)Oc1cc(C(C)C)ccn1. The van der Waals surface area contributed by atoms with E-state index in [1.165, 1.54) is 11.1 Å². The van der Waals surface area contributed by atoms with Gasteiger partial charge < -0.3 is 9.47 Å². The number of aromatic nitrogens is 2. The van der Waals surface area contributed by atoms with E-state index in [2.05, 4.69) is 37.7 Å². The lowest BCUT2D eigenvalue weighted by Gasteiger charge is -2.10. The van der Waals surface area contributed by atoms with E-state index in [9.17, 15) is 0 Å². The molecule has 0 fully saturated rings. The van der Waals surface area contributed by atoms with Crippen LogP contribution in [0.1, 0.15) is 78.4 Å². The van der Waals surface area contributed by atoms with Gasteiger partial charge in [-0.15, -0.1) is 0 Å². The fourth-order valence-corrected chi connectivity index (χ4v) is 2.18. The van der Waals surface area contributed by atoms with E-state index >= 15 is 0 Å². The van der Waals surface area contributed by atoms with Gasteiger partial charge in [0.15, 0.2) is 0 Å². The second kappa shape index (κ2) is 10.8. The van der Waals surface area contributed by atoms with Crippen molar-refractivity contribution in [2.24, 2.45) is 0 Å². The van der Waals surface area contributed by atoms with Gasteiger partial charge in [-0.25, -0.2) is 9.97 Å². The molecular formula is C22H34N2O2. The fraction of sp³-hybridized carbons (Fsp3) is 0.545. The summed E-state index contributed by atoms with van der Waals surface area (Å²) >= 11 is 0. The van der Waals surface area contributed by atoms with E-state index in [1.807, 2.05) is 52.0 Å². The molecule has 0 aliphatic heterocycles. The van der Waals surface area contributed by atoms with Crippen molar-refractivity contribution in [1.29, 1.82) is 0 Å². The molecule has 0 amide bonds. The minimum atomic E-state index is 0.190. The third kappa shape index (κ3) is 8.32. The molecule has 0 radical (unpaired) electrons. The van der Waals surface area contributed by atoms with Crippen molar-refractivity contribution < 1.29 is 9.47 Å². The van der Waals surface area contributed by atoms with E-state index in [1.54, 1.807) is 12.4 Å². The lowest BCUT2D eigenvalue weighted by atomic mass is 10.1. The highest BCUT2D eigenvalue weighted by molar-refractivity contribution is 5.23. The molecule has 0 aliphatic rings. The Morgan fingerprint density at radius 3 is 1.23 bits per heavy atom. The number of rotatable bonds is 6. The summed E-state index contributed by atoms with van der Waals surface area (Å²) < 4.78 is 11.0. The zero-order valence-electron chi connectivity index (χ0n) is 17.5. The van der Waals surface area contributed by atoms with Crippen LogP contribution >= 0.6 is 0 Å². The summed E-state index contributed by atoms with van der Waals surface area (Å²) in [6.07, 6.45) is 3.98. The first-order valence-electron chi connectivity index (χ1n) is 9.44. The highest BCUT2D eigenvalue weighted by Gasteiger charge is 2.04. The number of nitrogens with zero attached hydrogens (tertiary/aromatic N) is 2. The normalized spacial score (nSPS) is 10.9. The minimum absolute atomic E-state index is 0.190. The van der Waals surface area contributed by atoms with Gasteiger partial charge in [0.05, 0.1) is 12.2 Å². The van der Waals surface area contributed by atoms with Crippen molar-refractivity contribution in [3.05, 3.63) is 47.8 Å². The molecule has 0 saturated heterocycles. The number of ether oxygens (including phenoxy) is 2. The Morgan fingerprint density at radius 1 is 0.615 bits per heavy atom. The van der Waals surface area contributed by atoms with Crippen LogP contribution in [0.5, 0.6) is 11.8 Å². The molecule has 0 saturated carbocycles. The van der Waals surface area contributed by atoms with Crippen LogP contribution < -0.4 is 9.47 Å². The first-order chi connectivity index (χ1) is 12.2. The Morgan fingerprint density at radius 2 is 0.962 bits per heavy atom. The molecule has 0 unspecified atom stereocenters. The third-order valence-corrected chi connectivity index (χ3v) is 3.56. The van der Waals surface area contributed by atoms with Gasteiger partial charge >= 0.3 is 0 Å². The summed E-state index contributed by atoms with van der Waals surface area (Å²) in [6, 6.07) is 8.06. The van der Waals surface area contributed by atoms with E-state index in [0.717, 1.165) is 11.8 Å². The Bertz CT molecular complexity index is 595. The first-order valence-corrected chi connectivity index (χ1v) is 9.44. The smallest absolute Gasteiger partial charge is 0.213 e. The molecule has 144 valence electrons. The summed E-state index contributed by atoms with van der Waals surface area (Å²) in [7, 11) is 0. The van der Waals surface area contributed by atoms with Crippen LogP contribution in [-0.4, -0.2) is 22.2 Å². The van der Waals surface area contributed by atoms with Crippen LogP contribution in [-0.2, 0) is 0 Å². The molecule has 2 rings (SSSR count). The average molecular weight is 359 g/mol. The quantitative estimate of drug-likeness (QED) is 0.636. The fourth-order valence-electron chi connectivity index (χ4n) is 2.18. The van der Waals surface area contributed by atoms with E-state index < -0.39 is 0 Å². The molecule has 26 heavy (non-hydrogen) atoms. The molecule has 2 aromatic heterocycles. The summed E-state index contributed by atoms with van der Waals surface area (Å²) in [5.74, 6) is 2.50. The number of hydrogen-bond donors (Lipinski definition) is 0. The van der Waals surface area contributed by atoms with Crippen molar-refractivity contribution >= 4 is 0 Å². The van der Waals surface area contributed by atoms with Gasteiger partial charge in [-0.2, -0.15) is 0 Å². The van der Waals surface area contributed by atoms with Crippen LogP contribution in [0.4, 0.5) is 0 Å². The molecule has 0 aromatic carbocycles. The number of pyridine rings is 2. The van der Waals surface area contributed by atoms with Gasteiger partial charge in [0.25, 0.3) is 0 Å². The highest BCUT2D eigenvalue weighted by atomic mass is 16.5. The molecule has 0 bridgehead atoms. The molecule has 0 N–H and O–H groups in total. The Labute approximate surface area is 159 Å². The topological polar surface area (TPSA) is 44.2 Å². The molecular weight excluding hydrogens is 324 g/mol. The maximum absolute atomic E-state index is 5.49. The Kier molecular flexibility index (Phi) is 9.11. The van der Waals surface area contributed by atoms with Crippen LogP contribution in [0, 0.1) is 0 Å². The molecule has 2 heterocycles. The summed E-state index contributed by atoms with van der Waals surface area (Å²) in [4.78, 5) is 8.28. The van der Waals surface area contributed by atoms with Gasteiger partial charge in [-0.1, -0.05) is 27.7 Å². The van der Waals surface area contributed by atoms with E-state index in [4.69, 9.17) is 9.47 Å². The van der Waals surface area contributed by atoms with Gasteiger partial charge in [0.2, 0.25) is 11.8 Å². The van der Waals surface area contributed by atoms with Crippen molar-refractivity contribution in [1.82, 2.24) is 9.97 Å². The zero-order chi connectivity index (χ0) is 19.7. The molecule has 4 nitrogen and oxygen atoms in total. The zero-order valence-corrected chi connectivity index (χ0v) is 17.5. The molecule has 0 aliphatic carbocycles. The summed E-state index contributed by atoms with van der Waals surface area (Å²) in [5.41, 5.74) is 2.54. The summed E-state index contributed by atoms with van der Waals surface area (Å²) in [6.45, 7) is 16.7. The van der Waals surface area contributed by atoms with Crippen LogP contribution in [0.25, 0.3) is 0 Å². The third-order valence-electron chi connectivity index (χ3n) is 3.56. The van der Waals surface area contributed by atoms with Crippen LogP contribution in [0.3, 0.4) is 0 Å². The second-order valence-electron chi connectivity index (χ2n) is 7.50. The van der Waals surface area contributed by atoms with E-state index in [0.29, 0.717) is 11.8 Å². The lowest BCUT2D eigenvalue weighted by molar-refractivity contribution is 0.232. The Balaban J connectivity index is 0.000000260. The van der Waals surface area contributed by atoms with Crippen molar-refractivity contribution in [2.75, 3.05) is 0 Å². The van der Waals surface area contributed by atoms with Gasteiger partial charge in [-0.3, -0.25) is 0 Å². The van der Waals surface area contributed by atoms with Crippen LogP contribution in [0.2, 0.25) is 0 Å². The average Bonchev–Trinajstić information content (AvgIpc) is 2.54. The van der Waals surface area contributed by atoms with Gasteiger partial charge in [0, 0.05) is 24.5 Å². The van der Waals surface area contributed by atoms with Gasteiger partial charge in [-0.05, 0) is 62.8 Å². The van der Waals surface area contributed by atoms with Crippen molar-refractivity contribution in [3.8, 4) is 11.8 Å². The van der Waals surface area contributed by atoms with Gasteiger partial charge in [0.1, 0.15) is 0 Å². The maximum atomic E-state index is 5.49. The minimum Gasteiger partial charge on any atom is -0.475 e. The van der Waals surface area contributed by atoms with E-state index in [-0.39, 0.29) is 12.2 Å². The maximum Gasteiger partial charge on any atom is 0.213 e. The molecule has 2 aromatic rings. The molecule has 4 heteroatoms. The monoisotopic (exact) mass is 358 g/mol. The first kappa shape index (κ1) is 21.9. The van der Waals surface area contributed by atoms with Crippen LogP contribution in [0.15, 0.2) is 36.7 Å². The lowest BCUT2D eigenvalue weighted by Crippen LogP contribution is -2.07. The van der Waals surface area contributed by atoms with Crippen molar-refractivity contribution in [3.63, 3.8) is 0 Å². The highest BCUT2D eigenvalue weighted by Crippen LogP contribution is 2.19. The number of hydrogen-bond acceptors (Lipinski definition) is 4. The Hall–Kier alpha value is -2.10. The molecule has 0 spiro atoms.